The van der Waals surface area contributed by atoms with Crippen molar-refractivity contribution in [1.29, 1.82) is 0 Å². The molecule has 0 radical (unpaired) electrons. The molecule has 1 rings (SSSR count). The first-order valence-electron chi connectivity index (χ1n) is 4.55. The van der Waals surface area contributed by atoms with Crippen molar-refractivity contribution in [1.82, 2.24) is 0 Å². The highest BCUT2D eigenvalue weighted by atomic mass is 14.6. The summed E-state index contributed by atoms with van der Waals surface area (Å²) < 4.78 is 0. The molecule has 1 aromatic rings. The van der Waals surface area contributed by atoms with Crippen molar-refractivity contribution >= 4 is 17.5 Å². The molecule has 0 spiro atoms. The van der Waals surface area contributed by atoms with Gasteiger partial charge >= 0.3 is 0 Å². The molecule has 0 amide bonds. The lowest BCUT2D eigenvalue weighted by Crippen LogP contribution is -1.92. The van der Waals surface area contributed by atoms with Crippen molar-refractivity contribution in [2.45, 2.75) is 19.8 Å². The second-order valence-electron chi connectivity index (χ2n) is 3.08. The quantitative estimate of drug-likeness (QED) is 0.696. The fraction of sp³-hybridized carbons (Fsp3) is 0.273. The number of anilines is 2. The van der Waals surface area contributed by atoms with Gasteiger partial charge in [-0.25, -0.2) is 0 Å². The minimum atomic E-state index is 0.713. The van der Waals surface area contributed by atoms with Crippen LogP contribution in [0.4, 0.5) is 11.4 Å². The van der Waals surface area contributed by atoms with Crippen LogP contribution in [0.2, 0.25) is 0 Å². The third-order valence-corrected chi connectivity index (χ3v) is 1.86. The van der Waals surface area contributed by atoms with Gasteiger partial charge in [-0.05, 0) is 24.1 Å². The van der Waals surface area contributed by atoms with Gasteiger partial charge in [-0.2, -0.15) is 0 Å². The number of hydrogen-bond donors (Lipinski definition) is 2. The second-order valence-corrected chi connectivity index (χ2v) is 3.08. The van der Waals surface area contributed by atoms with E-state index in [1.807, 2.05) is 18.2 Å². The summed E-state index contributed by atoms with van der Waals surface area (Å²) in [7, 11) is 0. The molecular weight excluding hydrogens is 160 g/mol. The predicted molar refractivity (Wildman–Crippen MR) is 59.2 cm³/mol. The number of rotatable bonds is 3. The third-order valence-electron chi connectivity index (χ3n) is 1.86. The molecule has 4 N–H and O–H groups in total. The topological polar surface area (TPSA) is 52.0 Å². The zero-order valence-corrected chi connectivity index (χ0v) is 7.96. The highest BCUT2D eigenvalue weighted by Crippen LogP contribution is 2.17. The molecule has 0 aliphatic carbocycles. The van der Waals surface area contributed by atoms with Gasteiger partial charge in [0.05, 0.1) is 0 Å². The molecule has 0 saturated heterocycles. The first-order valence-corrected chi connectivity index (χ1v) is 4.55. The van der Waals surface area contributed by atoms with Gasteiger partial charge in [0.25, 0.3) is 0 Å². The monoisotopic (exact) mass is 176 g/mol. The van der Waals surface area contributed by atoms with Crippen molar-refractivity contribution in [3.63, 3.8) is 0 Å². The molecule has 1 aromatic carbocycles. The third kappa shape index (κ3) is 2.82. The van der Waals surface area contributed by atoms with E-state index < -0.39 is 0 Å². The Morgan fingerprint density at radius 2 is 2.08 bits per heavy atom. The Labute approximate surface area is 79.2 Å². The fourth-order valence-corrected chi connectivity index (χ4v) is 1.12. The molecule has 13 heavy (non-hydrogen) atoms. The van der Waals surface area contributed by atoms with Gasteiger partial charge in [-0.1, -0.05) is 31.6 Å². The molecule has 0 unspecified atom stereocenters. The average Bonchev–Trinajstić information content (AvgIpc) is 2.09. The molecular formula is C11H16N2. The van der Waals surface area contributed by atoms with Crippen LogP contribution in [0.1, 0.15) is 25.3 Å². The summed E-state index contributed by atoms with van der Waals surface area (Å²) in [5, 5.41) is 0. The summed E-state index contributed by atoms with van der Waals surface area (Å²) in [5.74, 6) is 0. The highest BCUT2D eigenvalue weighted by Gasteiger charge is 1.93. The van der Waals surface area contributed by atoms with Crippen LogP contribution in [0.3, 0.4) is 0 Å². The SMILES string of the molecule is CCC/C=C\c1ccc(N)cc1N. The van der Waals surface area contributed by atoms with Gasteiger partial charge in [0, 0.05) is 11.4 Å². The Hall–Kier alpha value is -1.44. The number of nitrogen functional groups attached to an aromatic ring is 2. The normalized spacial score (nSPS) is 10.8. The van der Waals surface area contributed by atoms with Crippen LogP contribution in [0.5, 0.6) is 0 Å². The summed E-state index contributed by atoms with van der Waals surface area (Å²) >= 11 is 0. The number of allylic oxidation sites excluding steroid dienone is 1. The lowest BCUT2D eigenvalue weighted by molar-refractivity contribution is 0.962. The molecule has 0 fully saturated rings. The van der Waals surface area contributed by atoms with Gasteiger partial charge in [0.15, 0.2) is 0 Å². The fourth-order valence-electron chi connectivity index (χ4n) is 1.12. The first-order chi connectivity index (χ1) is 6.24. The molecule has 2 nitrogen and oxygen atoms in total. The van der Waals surface area contributed by atoms with E-state index in [0.717, 1.165) is 24.1 Å². The van der Waals surface area contributed by atoms with Crippen LogP contribution in [-0.2, 0) is 0 Å². The Morgan fingerprint density at radius 1 is 1.31 bits per heavy atom. The molecule has 0 aliphatic rings. The first kappa shape index (κ1) is 9.65. The molecule has 0 aliphatic heterocycles. The van der Waals surface area contributed by atoms with Crippen LogP contribution in [-0.4, -0.2) is 0 Å². The number of nitrogens with two attached hydrogens (primary N) is 2. The molecule has 2 heteroatoms. The van der Waals surface area contributed by atoms with Crippen molar-refractivity contribution in [3.8, 4) is 0 Å². The molecule has 70 valence electrons. The maximum Gasteiger partial charge on any atom is 0.0408 e. The maximum atomic E-state index is 5.77. The highest BCUT2D eigenvalue weighted by molar-refractivity contribution is 5.68. The Morgan fingerprint density at radius 3 is 2.69 bits per heavy atom. The lowest BCUT2D eigenvalue weighted by atomic mass is 10.1. The number of hydrogen-bond acceptors (Lipinski definition) is 2. The summed E-state index contributed by atoms with van der Waals surface area (Å²) in [5.41, 5.74) is 13.9. The lowest BCUT2D eigenvalue weighted by Gasteiger charge is -2.00. The van der Waals surface area contributed by atoms with Crippen LogP contribution >= 0.6 is 0 Å². The van der Waals surface area contributed by atoms with Crippen LogP contribution in [0, 0.1) is 0 Å². The van der Waals surface area contributed by atoms with Gasteiger partial charge in [0.1, 0.15) is 0 Å². The van der Waals surface area contributed by atoms with Crippen molar-refractivity contribution in [3.05, 3.63) is 29.8 Å². The van der Waals surface area contributed by atoms with E-state index in [0.29, 0.717) is 5.69 Å². The molecule has 0 aromatic heterocycles. The average molecular weight is 176 g/mol. The largest absolute Gasteiger partial charge is 0.399 e. The predicted octanol–water partition coefficient (Wildman–Crippen LogP) is 2.66. The summed E-state index contributed by atoms with van der Waals surface area (Å²) in [4.78, 5) is 0. The smallest absolute Gasteiger partial charge is 0.0408 e. The van der Waals surface area contributed by atoms with E-state index in [1.165, 1.54) is 0 Å². The van der Waals surface area contributed by atoms with Crippen LogP contribution in [0.15, 0.2) is 24.3 Å². The number of unbranched alkanes of at least 4 members (excludes halogenated alkanes) is 1. The van der Waals surface area contributed by atoms with E-state index in [9.17, 15) is 0 Å². The zero-order valence-electron chi connectivity index (χ0n) is 7.96. The van der Waals surface area contributed by atoms with E-state index in [4.69, 9.17) is 11.5 Å². The van der Waals surface area contributed by atoms with Crippen molar-refractivity contribution < 1.29 is 0 Å². The second kappa shape index (κ2) is 4.55. The molecule has 0 atom stereocenters. The van der Waals surface area contributed by atoms with Crippen LogP contribution < -0.4 is 11.5 Å². The maximum absolute atomic E-state index is 5.77. The Bertz CT molecular complexity index is 303. The summed E-state index contributed by atoms with van der Waals surface area (Å²) in [6.45, 7) is 2.15. The minimum absolute atomic E-state index is 0.713. The van der Waals surface area contributed by atoms with Gasteiger partial charge < -0.3 is 11.5 Å². The van der Waals surface area contributed by atoms with E-state index in [-0.39, 0.29) is 0 Å². The molecule has 0 bridgehead atoms. The van der Waals surface area contributed by atoms with E-state index in [2.05, 4.69) is 13.0 Å². The summed E-state index contributed by atoms with van der Waals surface area (Å²) in [6, 6.07) is 5.59. The Kier molecular flexibility index (Phi) is 3.38. The van der Waals surface area contributed by atoms with Gasteiger partial charge in [0.2, 0.25) is 0 Å². The Balaban J connectivity index is 2.77. The van der Waals surface area contributed by atoms with Gasteiger partial charge in [-0.3, -0.25) is 0 Å². The van der Waals surface area contributed by atoms with Gasteiger partial charge in [-0.15, -0.1) is 0 Å². The molecule has 0 saturated carbocycles. The van der Waals surface area contributed by atoms with Crippen LogP contribution in [0.25, 0.3) is 6.08 Å². The van der Waals surface area contributed by atoms with E-state index >= 15 is 0 Å². The minimum Gasteiger partial charge on any atom is -0.399 e. The van der Waals surface area contributed by atoms with E-state index in [1.54, 1.807) is 6.07 Å². The zero-order chi connectivity index (χ0) is 9.68. The van der Waals surface area contributed by atoms with Crippen molar-refractivity contribution in [2.24, 2.45) is 0 Å². The molecule has 0 heterocycles. The standard InChI is InChI=1S/C11H16N2/c1-2-3-4-5-9-6-7-10(12)8-11(9)13/h4-8H,2-3,12-13H2,1H3/b5-4-. The number of benzene rings is 1. The van der Waals surface area contributed by atoms with Crippen molar-refractivity contribution in [2.75, 3.05) is 11.5 Å². The summed E-state index contributed by atoms with van der Waals surface area (Å²) in [6.07, 6.45) is 6.41.